The third-order valence-corrected chi connectivity index (χ3v) is 1.95. The summed E-state index contributed by atoms with van der Waals surface area (Å²) in [5.74, 6) is -1.74. The summed E-state index contributed by atoms with van der Waals surface area (Å²) in [5.41, 5.74) is 1.55. The van der Waals surface area contributed by atoms with E-state index in [1.165, 1.54) is 19.1 Å². The molecule has 0 fully saturated rings. The first-order chi connectivity index (χ1) is 7.85. The van der Waals surface area contributed by atoms with Gasteiger partial charge in [0.2, 0.25) is 0 Å². The summed E-state index contributed by atoms with van der Waals surface area (Å²) in [6.07, 6.45) is -3.96. The fraction of sp³-hybridized carbons (Fsp3) is 0.417. The summed E-state index contributed by atoms with van der Waals surface area (Å²) in [7, 11) is 0. The van der Waals surface area contributed by atoms with Gasteiger partial charge in [-0.3, -0.25) is 0 Å². The van der Waals surface area contributed by atoms with E-state index >= 15 is 0 Å². The largest absolute Gasteiger partial charge is 0.502 e. The van der Waals surface area contributed by atoms with Gasteiger partial charge in [0.1, 0.15) is 5.75 Å². The highest BCUT2D eigenvalue weighted by molar-refractivity contribution is 5.76. The Morgan fingerprint density at radius 3 is 2.24 bits per heavy atom. The van der Waals surface area contributed by atoms with Crippen LogP contribution < -0.4 is 4.74 Å². The molecule has 1 aromatic carbocycles. The lowest BCUT2D eigenvalue weighted by atomic mass is 10.1. The summed E-state index contributed by atoms with van der Waals surface area (Å²) in [6.45, 7) is 4.83. The Bertz CT molecular complexity index is 396. The van der Waals surface area contributed by atoms with Gasteiger partial charge in [-0.15, -0.1) is 0 Å². The second-order valence-corrected chi connectivity index (χ2v) is 3.66. The molecule has 3 nitrogen and oxygen atoms in total. The first-order valence-electron chi connectivity index (χ1n) is 5.17. The molecule has 0 radical (unpaired) electrons. The van der Waals surface area contributed by atoms with Crippen molar-refractivity contribution >= 4 is 5.97 Å². The van der Waals surface area contributed by atoms with E-state index < -0.39 is 12.1 Å². The maximum Gasteiger partial charge on any atom is 0.502 e. The molecule has 0 unspecified atom stereocenters. The van der Waals surface area contributed by atoms with Crippen LogP contribution in [0.25, 0.3) is 0 Å². The molecule has 0 atom stereocenters. The summed E-state index contributed by atoms with van der Waals surface area (Å²) >= 11 is 0. The van der Waals surface area contributed by atoms with Crippen molar-refractivity contribution in [2.24, 2.45) is 0 Å². The topological polar surface area (TPSA) is 35.5 Å². The zero-order valence-corrected chi connectivity index (χ0v) is 9.92. The zero-order valence-electron chi connectivity index (χ0n) is 9.92. The van der Waals surface area contributed by atoms with Gasteiger partial charge >= 0.3 is 12.1 Å². The molecule has 0 aliphatic rings. The van der Waals surface area contributed by atoms with Gasteiger partial charge in [0, 0.05) is 0 Å². The Labute approximate surface area is 98.3 Å². The van der Waals surface area contributed by atoms with Gasteiger partial charge in [0.05, 0.1) is 6.61 Å². The van der Waals surface area contributed by atoms with Gasteiger partial charge in [-0.05, 0) is 44.0 Å². The van der Waals surface area contributed by atoms with E-state index in [4.69, 9.17) is 0 Å². The molecule has 0 bridgehead atoms. The van der Waals surface area contributed by atoms with Crippen LogP contribution in [0.1, 0.15) is 18.1 Å². The number of alkyl halides is 2. The fourth-order valence-corrected chi connectivity index (χ4v) is 1.40. The molecule has 0 saturated heterocycles. The molecule has 0 aliphatic carbocycles. The molecule has 0 amide bonds. The molecule has 0 N–H and O–H groups in total. The van der Waals surface area contributed by atoms with E-state index in [0.29, 0.717) is 0 Å². The number of aryl methyl sites for hydroxylation is 2. The predicted molar refractivity (Wildman–Crippen MR) is 58.1 cm³/mol. The minimum absolute atomic E-state index is 0.0550. The van der Waals surface area contributed by atoms with Crippen molar-refractivity contribution < 1.29 is 23.0 Å². The predicted octanol–water partition coefficient (Wildman–Crippen LogP) is 2.84. The lowest BCUT2D eigenvalue weighted by Gasteiger charge is -2.16. The second kappa shape index (κ2) is 5.12. The van der Waals surface area contributed by atoms with Crippen LogP contribution in [0.2, 0.25) is 0 Å². The van der Waals surface area contributed by atoms with Gasteiger partial charge < -0.3 is 9.47 Å². The van der Waals surface area contributed by atoms with Crippen molar-refractivity contribution in [1.29, 1.82) is 0 Å². The van der Waals surface area contributed by atoms with Crippen LogP contribution in [0, 0.1) is 13.8 Å². The first-order valence-corrected chi connectivity index (χ1v) is 5.17. The van der Waals surface area contributed by atoms with Crippen molar-refractivity contribution in [3.8, 4) is 5.75 Å². The molecular formula is C12H14F2O3. The van der Waals surface area contributed by atoms with E-state index in [1.54, 1.807) is 13.8 Å². The number of hydrogen-bond donors (Lipinski definition) is 0. The van der Waals surface area contributed by atoms with E-state index in [1.807, 2.05) is 6.07 Å². The smallest absolute Gasteiger partial charge is 0.459 e. The lowest BCUT2D eigenvalue weighted by Crippen LogP contribution is -2.36. The van der Waals surface area contributed by atoms with Crippen LogP contribution in [0.5, 0.6) is 5.75 Å². The highest BCUT2D eigenvalue weighted by Gasteiger charge is 2.44. The van der Waals surface area contributed by atoms with Crippen molar-refractivity contribution in [1.82, 2.24) is 0 Å². The number of ether oxygens (including phenoxy) is 2. The van der Waals surface area contributed by atoms with E-state index in [9.17, 15) is 13.6 Å². The quantitative estimate of drug-likeness (QED) is 0.764. The van der Waals surface area contributed by atoms with Gasteiger partial charge in [0.15, 0.2) is 0 Å². The van der Waals surface area contributed by atoms with Crippen LogP contribution >= 0.6 is 0 Å². The monoisotopic (exact) mass is 244 g/mol. The maximum atomic E-state index is 13.3. The number of carbonyl (C=O) groups is 1. The van der Waals surface area contributed by atoms with E-state index in [2.05, 4.69) is 9.47 Å². The number of halogens is 2. The van der Waals surface area contributed by atoms with Crippen molar-refractivity contribution in [3.05, 3.63) is 29.3 Å². The van der Waals surface area contributed by atoms with Gasteiger partial charge in [-0.25, -0.2) is 4.79 Å². The molecular weight excluding hydrogens is 230 g/mol. The Balaban J connectivity index is 2.85. The maximum absolute atomic E-state index is 13.3. The highest BCUT2D eigenvalue weighted by Crippen LogP contribution is 2.24. The molecule has 0 spiro atoms. The number of carbonyl (C=O) groups excluding carboxylic acids is 1. The summed E-state index contributed by atoms with van der Waals surface area (Å²) in [4.78, 5) is 10.9. The third kappa shape index (κ3) is 3.69. The van der Waals surface area contributed by atoms with Gasteiger partial charge in [-0.2, -0.15) is 8.78 Å². The summed E-state index contributed by atoms with van der Waals surface area (Å²) in [5, 5.41) is 0. The standard InChI is InChI=1S/C12H14F2O3/c1-4-16-11(15)12(13,14)17-10-6-8(2)5-9(3)7-10/h5-7H,4H2,1-3H3. The normalized spacial score (nSPS) is 11.1. The molecule has 94 valence electrons. The average molecular weight is 244 g/mol. The fourth-order valence-electron chi connectivity index (χ4n) is 1.40. The number of rotatable bonds is 4. The molecule has 0 aromatic heterocycles. The first kappa shape index (κ1) is 13.4. The van der Waals surface area contributed by atoms with Crippen molar-refractivity contribution in [2.75, 3.05) is 6.61 Å². The summed E-state index contributed by atoms with van der Waals surface area (Å²) in [6, 6.07) is 4.68. The highest BCUT2D eigenvalue weighted by atomic mass is 19.3. The Hall–Kier alpha value is -1.65. The number of hydrogen-bond acceptors (Lipinski definition) is 3. The third-order valence-electron chi connectivity index (χ3n) is 1.95. The second-order valence-electron chi connectivity index (χ2n) is 3.66. The van der Waals surface area contributed by atoms with Crippen molar-refractivity contribution in [3.63, 3.8) is 0 Å². The molecule has 0 saturated carbocycles. The molecule has 1 aromatic rings. The Kier molecular flexibility index (Phi) is 4.04. The zero-order chi connectivity index (χ0) is 13.1. The number of esters is 1. The summed E-state index contributed by atoms with van der Waals surface area (Å²) < 4.78 is 35.1. The molecule has 0 aliphatic heterocycles. The molecule has 1 rings (SSSR count). The van der Waals surface area contributed by atoms with Crippen LogP contribution in [-0.2, 0) is 9.53 Å². The Morgan fingerprint density at radius 2 is 1.76 bits per heavy atom. The van der Waals surface area contributed by atoms with Crippen LogP contribution in [0.3, 0.4) is 0 Å². The van der Waals surface area contributed by atoms with E-state index in [0.717, 1.165) is 11.1 Å². The SMILES string of the molecule is CCOC(=O)C(F)(F)Oc1cc(C)cc(C)c1. The van der Waals surface area contributed by atoms with Crippen LogP contribution in [0.4, 0.5) is 8.78 Å². The minimum Gasteiger partial charge on any atom is -0.459 e. The Morgan fingerprint density at radius 1 is 1.24 bits per heavy atom. The van der Waals surface area contributed by atoms with Crippen molar-refractivity contribution in [2.45, 2.75) is 26.9 Å². The van der Waals surface area contributed by atoms with Gasteiger partial charge in [-0.1, -0.05) is 6.07 Å². The van der Waals surface area contributed by atoms with E-state index in [-0.39, 0.29) is 12.4 Å². The van der Waals surface area contributed by atoms with Gasteiger partial charge in [0.25, 0.3) is 0 Å². The minimum atomic E-state index is -3.96. The number of benzene rings is 1. The molecule has 0 heterocycles. The van der Waals surface area contributed by atoms with Crippen LogP contribution in [-0.4, -0.2) is 18.7 Å². The molecule has 5 heteroatoms. The lowest BCUT2D eigenvalue weighted by molar-refractivity contribution is -0.216. The molecule has 17 heavy (non-hydrogen) atoms. The van der Waals surface area contributed by atoms with Crippen LogP contribution in [0.15, 0.2) is 18.2 Å². The average Bonchev–Trinajstić information content (AvgIpc) is 2.15.